The first kappa shape index (κ1) is 7.41. The highest BCUT2D eigenvalue weighted by molar-refractivity contribution is 5.72. The van der Waals surface area contributed by atoms with Crippen molar-refractivity contribution in [2.45, 2.75) is 13.3 Å². The maximum Gasteiger partial charge on any atom is 0.119 e. The molecule has 0 radical (unpaired) electrons. The van der Waals surface area contributed by atoms with Gasteiger partial charge < -0.3 is 4.74 Å². The molecule has 1 aromatic carbocycles. The molecule has 0 heterocycles. The lowest BCUT2D eigenvalue weighted by molar-refractivity contribution is 0.414. The van der Waals surface area contributed by atoms with Crippen molar-refractivity contribution >= 4 is 5.57 Å². The zero-order valence-corrected chi connectivity index (χ0v) is 7.42. The zero-order chi connectivity index (χ0) is 8.55. The number of hydrogen-bond acceptors (Lipinski definition) is 1. The van der Waals surface area contributed by atoms with Gasteiger partial charge in [0.25, 0.3) is 0 Å². The molecular formula is C11H12O. The highest BCUT2D eigenvalue weighted by Gasteiger charge is 2.10. The molecule has 0 aliphatic heterocycles. The van der Waals surface area contributed by atoms with E-state index in [1.54, 1.807) is 7.11 Å². The number of benzene rings is 1. The molecule has 1 nitrogen and oxygen atoms in total. The number of hydrogen-bond donors (Lipinski definition) is 0. The first-order chi connectivity index (χ1) is 5.81. The van der Waals surface area contributed by atoms with Gasteiger partial charge >= 0.3 is 0 Å². The van der Waals surface area contributed by atoms with Crippen LogP contribution in [-0.4, -0.2) is 7.11 Å². The van der Waals surface area contributed by atoms with E-state index >= 15 is 0 Å². The molecular weight excluding hydrogens is 148 g/mol. The molecule has 0 bridgehead atoms. The fourth-order valence-corrected chi connectivity index (χ4v) is 1.60. The lowest BCUT2D eigenvalue weighted by Crippen LogP contribution is -1.87. The van der Waals surface area contributed by atoms with Crippen molar-refractivity contribution in [1.29, 1.82) is 0 Å². The molecule has 1 heteroatoms. The first-order valence-electron chi connectivity index (χ1n) is 4.15. The fraction of sp³-hybridized carbons (Fsp3) is 0.273. The lowest BCUT2D eigenvalue weighted by Gasteiger charge is -2.04. The molecule has 12 heavy (non-hydrogen) atoms. The molecule has 0 aromatic heterocycles. The van der Waals surface area contributed by atoms with Crippen molar-refractivity contribution < 1.29 is 4.74 Å². The minimum Gasteiger partial charge on any atom is -0.497 e. The SMILES string of the molecule is COc1ccc2c(c1)C(C)=CC2. The van der Waals surface area contributed by atoms with Crippen LogP contribution >= 0.6 is 0 Å². The molecule has 0 unspecified atom stereocenters. The molecule has 0 saturated carbocycles. The average Bonchev–Trinajstić information content (AvgIpc) is 2.47. The summed E-state index contributed by atoms with van der Waals surface area (Å²) >= 11 is 0. The maximum atomic E-state index is 5.16. The monoisotopic (exact) mass is 160 g/mol. The normalized spacial score (nSPS) is 14.0. The van der Waals surface area contributed by atoms with Crippen LogP contribution in [0.1, 0.15) is 18.1 Å². The summed E-state index contributed by atoms with van der Waals surface area (Å²) in [6, 6.07) is 6.26. The summed E-state index contributed by atoms with van der Waals surface area (Å²) in [5, 5.41) is 0. The molecule has 0 spiro atoms. The molecule has 0 atom stereocenters. The van der Waals surface area contributed by atoms with Crippen LogP contribution in [0.4, 0.5) is 0 Å². The summed E-state index contributed by atoms with van der Waals surface area (Å²) < 4.78 is 5.16. The molecule has 1 aromatic rings. The standard InChI is InChI=1S/C11H12O/c1-8-3-4-9-5-6-10(12-2)7-11(8)9/h3,5-7H,4H2,1-2H3. The largest absolute Gasteiger partial charge is 0.497 e. The van der Waals surface area contributed by atoms with Crippen molar-refractivity contribution in [3.8, 4) is 5.75 Å². The van der Waals surface area contributed by atoms with Gasteiger partial charge in [0, 0.05) is 0 Å². The van der Waals surface area contributed by atoms with Gasteiger partial charge in [-0.2, -0.15) is 0 Å². The Bertz CT molecular complexity index is 337. The van der Waals surface area contributed by atoms with Gasteiger partial charge in [0.15, 0.2) is 0 Å². The van der Waals surface area contributed by atoms with E-state index in [-0.39, 0.29) is 0 Å². The van der Waals surface area contributed by atoms with Crippen molar-refractivity contribution in [1.82, 2.24) is 0 Å². The summed E-state index contributed by atoms with van der Waals surface area (Å²) in [7, 11) is 1.70. The van der Waals surface area contributed by atoms with Gasteiger partial charge in [-0.3, -0.25) is 0 Å². The summed E-state index contributed by atoms with van der Waals surface area (Å²) in [6.07, 6.45) is 3.33. The third-order valence-corrected chi connectivity index (χ3v) is 2.37. The van der Waals surface area contributed by atoms with E-state index in [0.717, 1.165) is 12.2 Å². The van der Waals surface area contributed by atoms with E-state index in [1.165, 1.54) is 16.7 Å². The van der Waals surface area contributed by atoms with Gasteiger partial charge in [0.2, 0.25) is 0 Å². The van der Waals surface area contributed by atoms with Crippen LogP contribution in [0.15, 0.2) is 24.3 Å². The minimum atomic E-state index is 0.948. The Morgan fingerprint density at radius 1 is 1.33 bits per heavy atom. The van der Waals surface area contributed by atoms with Crippen LogP contribution in [0.2, 0.25) is 0 Å². The molecule has 1 aliphatic carbocycles. The predicted molar refractivity (Wildman–Crippen MR) is 50.3 cm³/mol. The van der Waals surface area contributed by atoms with E-state index in [2.05, 4.69) is 25.1 Å². The van der Waals surface area contributed by atoms with Gasteiger partial charge in [-0.15, -0.1) is 0 Å². The number of allylic oxidation sites excluding steroid dienone is 2. The van der Waals surface area contributed by atoms with Crippen LogP contribution in [0.3, 0.4) is 0 Å². The predicted octanol–water partition coefficient (Wildman–Crippen LogP) is 2.65. The fourth-order valence-electron chi connectivity index (χ4n) is 1.60. The Morgan fingerprint density at radius 3 is 2.92 bits per heavy atom. The average molecular weight is 160 g/mol. The van der Waals surface area contributed by atoms with E-state index < -0.39 is 0 Å². The van der Waals surface area contributed by atoms with Gasteiger partial charge in [0.1, 0.15) is 5.75 Å². The van der Waals surface area contributed by atoms with Gasteiger partial charge in [-0.25, -0.2) is 0 Å². The van der Waals surface area contributed by atoms with Gasteiger partial charge in [-0.1, -0.05) is 12.1 Å². The van der Waals surface area contributed by atoms with Crippen LogP contribution in [0, 0.1) is 0 Å². The third-order valence-electron chi connectivity index (χ3n) is 2.37. The highest BCUT2D eigenvalue weighted by Crippen LogP contribution is 2.29. The smallest absolute Gasteiger partial charge is 0.119 e. The second kappa shape index (κ2) is 2.67. The number of ether oxygens (including phenoxy) is 1. The molecule has 0 saturated heterocycles. The Labute approximate surface area is 72.7 Å². The lowest BCUT2D eigenvalue weighted by atomic mass is 10.1. The summed E-state index contributed by atoms with van der Waals surface area (Å²) in [4.78, 5) is 0. The molecule has 2 rings (SSSR count). The van der Waals surface area contributed by atoms with Crippen molar-refractivity contribution in [2.24, 2.45) is 0 Å². The van der Waals surface area contributed by atoms with Crippen molar-refractivity contribution in [2.75, 3.05) is 7.11 Å². The maximum absolute atomic E-state index is 5.16. The van der Waals surface area contributed by atoms with E-state index in [0.29, 0.717) is 0 Å². The van der Waals surface area contributed by atoms with Crippen molar-refractivity contribution in [3.05, 3.63) is 35.4 Å². The van der Waals surface area contributed by atoms with E-state index in [4.69, 9.17) is 4.74 Å². The quantitative estimate of drug-likeness (QED) is 0.613. The zero-order valence-electron chi connectivity index (χ0n) is 7.42. The van der Waals surface area contributed by atoms with Crippen LogP contribution < -0.4 is 4.74 Å². The highest BCUT2D eigenvalue weighted by atomic mass is 16.5. The van der Waals surface area contributed by atoms with E-state index in [9.17, 15) is 0 Å². The molecule has 0 fully saturated rings. The van der Waals surface area contributed by atoms with Crippen LogP contribution in [-0.2, 0) is 6.42 Å². The molecule has 1 aliphatic rings. The first-order valence-corrected chi connectivity index (χ1v) is 4.15. The number of methoxy groups -OCH3 is 1. The Morgan fingerprint density at radius 2 is 2.17 bits per heavy atom. The second-order valence-electron chi connectivity index (χ2n) is 3.11. The minimum absolute atomic E-state index is 0.948. The molecule has 62 valence electrons. The number of rotatable bonds is 1. The van der Waals surface area contributed by atoms with Crippen LogP contribution in [0.25, 0.3) is 5.57 Å². The van der Waals surface area contributed by atoms with Gasteiger partial charge in [0.05, 0.1) is 7.11 Å². The molecule has 0 N–H and O–H groups in total. The van der Waals surface area contributed by atoms with Gasteiger partial charge in [-0.05, 0) is 42.2 Å². The number of fused-ring (bicyclic) bond motifs is 1. The summed E-state index contributed by atoms with van der Waals surface area (Å²) in [5.41, 5.74) is 4.12. The van der Waals surface area contributed by atoms with Crippen LogP contribution in [0.5, 0.6) is 5.75 Å². The Kier molecular flexibility index (Phi) is 1.65. The third kappa shape index (κ3) is 1.02. The van der Waals surface area contributed by atoms with E-state index in [1.807, 2.05) is 6.07 Å². The topological polar surface area (TPSA) is 9.23 Å². The Hall–Kier alpha value is -1.24. The summed E-state index contributed by atoms with van der Waals surface area (Å²) in [5.74, 6) is 0.948. The second-order valence-corrected chi connectivity index (χ2v) is 3.11. The Balaban J connectivity index is 2.50. The van der Waals surface area contributed by atoms with Crippen molar-refractivity contribution in [3.63, 3.8) is 0 Å². The molecule has 0 amide bonds. The summed E-state index contributed by atoms with van der Waals surface area (Å²) in [6.45, 7) is 2.14.